The second-order valence-corrected chi connectivity index (χ2v) is 4.62. The molecule has 0 bridgehead atoms. The molecule has 0 aliphatic carbocycles. The van der Waals surface area contributed by atoms with Crippen LogP contribution in [0, 0.1) is 10.1 Å². The zero-order valence-electron chi connectivity index (χ0n) is 10.5. The molecule has 1 aliphatic rings. The highest BCUT2D eigenvalue weighted by molar-refractivity contribution is 6.03. The van der Waals surface area contributed by atoms with E-state index in [0.29, 0.717) is 18.4 Å². The van der Waals surface area contributed by atoms with Gasteiger partial charge in [-0.25, -0.2) is 0 Å². The molecule has 0 unspecified atom stereocenters. The third-order valence-corrected chi connectivity index (χ3v) is 3.70. The molecular weight excluding hydrogens is 248 g/mol. The van der Waals surface area contributed by atoms with Crippen LogP contribution in [-0.2, 0) is 15.0 Å². The fourth-order valence-electron chi connectivity index (χ4n) is 2.47. The number of nitro groups is 1. The molecule has 6 nitrogen and oxygen atoms in total. The van der Waals surface area contributed by atoms with E-state index >= 15 is 0 Å². The van der Waals surface area contributed by atoms with Crippen molar-refractivity contribution >= 4 is 17.5 Å². The van der Waals surface area contributed by atoms with E-state index < -0.39 is 10.3 Å². The van der Waals surface area contributed by atoms with Crippen LogP contribution in [0.2, 0.25) is 0 Å². The van der Waals surface area contributed by atoms with Gasteiger partial charge in [0, 0.05) is 18.6 Å². The number of imide groups is 1. The average molecular weight is 262 g/mol. The minimum absolute atomic E-state index is 0.0118. The van der Waals surface area contributed by atoms with Crippen LogP contribution < -0.4 is 5.32 Å². The first-order valence-electron chi connectivity index (χ1n) is 6.09. The summed E-state index contributed by atoms with van der Waals surface area (Å²) in [7, 11) is 0. The lowest BCUT2D eigenvalue weighted by atomic mass is 9.72. The number of nitrogens with zero attached hydrogens (tertiary/aromatic N) is 1. The largest absolute Gasteiger partial charge is 0.296 e. The second-order valence-electron chi connectivity index (χ2n) is 4.62. The van der Waals surface area contributed by atoms with Crippen LogP contribution in [0.15, 0.2) is 24.3 Å². The van der Waals surface area contributed by atoms with Gasteiger partial charge in [-0.05, 0) is 18.4 Å². The van der Waals surface area contributed by atoms with E-state index in [9.17, 15) is 19.7 Å². The van der Waals surface area contributed by atoms with E-state index in [2.05, 4.69) is 5.32 Å². The first-order chi connectivity index (χ1) is 8.99. The third-order valence-electron chi connectivity index (χ3n) is 3.70. The van der Waals surface area contributed by atoms with E-state index in [4.69, 9.17) is 0 Å². The Hall–Kier alpha value is -2.24. The average Bonchev–Trinajstić information content (AvgIpc) is 2.40. The van der Waals surface area contributed by atoms with Crippen molar-refractivity contribution in [1.29, 1.82) is 0 Å². The molecule has 0 aromatic heterocycles. The fourth-order valence-corrected chi connectivity index (χ4v) is 2.47. The minimum Gasteiger partial charge on any atom is -0.296 e. The molecule has 19 heavy (non-hydrogen) atoms. The first kappa shape index (κ1) is 13.2. The van der Waals surface area contributed by atoms with Crippen molar-refractivity contribution in [3.63, 3.8) is 0 Å². The molecule has 1 fully saturated rings. The molecule has 2 rings (SSSR count). The highest BCUT2D eigenvalue weighted by Gasteiger charge is 2.42. The van der Waals surface area contributed by atoms with Gasteiger partial charge in [-0.3, -0.25) is 25.0 Å². The van der Waals surface area contributed by atoms with Gasteiger partial charge in [0.2, 0.25) is 11.8 Å². The minimum atomic E-state index is -0.761. The lowest BCUT2D eigenvalue weighted by Gasteiger charge is -2.34. The zero-order valence-corrected chi connectivity index (χ0v) is 10.5. The number of hydrogen-bond donors (Lipinski definition) is 1. The molecule has 0 radical (unpaired) electrons. The molecule has 1 aromatic rings. The Morgan fingerprint density at radius 2 is 1.95 bits per heavy atom. The Bertz CT molecular complexity index is 538. The Morgan fingerprint density at radius 1 is 1.32 bits per heavy atom. The van der Waals surface area contributed by atoms with Crippen molar-refractivity contribution in [1.82, 2.24) is 5.32 Å². The summed E-state index contributed by atoms with van der Waals surface area (Å²) >= 11 is 0. The van der Waals surface area contributed by atoms with Crippen molar-refractivity contribution in [2.45, 2.75) is 31.6 Å². The van der Waals surface area contributed by atoms with Crippen molar-refractivity contribution in [3.05, 3.63) is 39.9 Å². The van der Waals surface area contributed by atoms with Crippen LogP contribution >= 0.6 is 0 Å². The Morgan fingerprint density at radius 3 is 2.42 bits per heavy atom. The van der Waals surface area contributed by atoms with E-state index in [1.807, 2.05) is 6.92 Å². The Balaban J connectivity index is 2.38. The maximum Gasteiger partial charge on any atom is 0.269 e. The van der Waals surface area contributed by atoms with Gasteiger partial charge in [0.25, 0.3) is 5.69 Å². The maximum absolute atomic E-state index is 12.1. The molecule has 1 aromatic carbocycles. The van der Waals surface area contributed by atoms with E-state index in [-0.39, 0.29) is 23.9 Å². The molecule has 0 saturated carbocycles. The molecule has 0 spiro atoms. The van der Waals surface area contributed by atoms with Crippen LogP contribution in [0.5, 0.6) is 0 Å². The van der Waals surface area contributed by atoms with Crippen molar-refractivity contribution in [2.75, 3.05) is 0 Å². The molecule has 1 heterocycles. The number of rotatable bonds is 3. The van der Waals surface area contributed by atoms with Crippen molar-refractivity contribution in [3.8, 4) is 0 Å². The zero-order chi connectivity index (χ0) is 14.0. The molecule has 100 valence electrons. The number of amides is 2. The van der Waals surface area contributed by atoms with Gasteiger partial charge in [-0.1, -0.05) is 19.1 Å². The lowest BCUT2D eigenvalue weighted by Crippen LogP contribution is -2.51. The van der Waals surface area contributed by atoms with Gasteiger partial charge in [0.05, 0.1) is 10.3 Å². The summed E-state index contributed by atoms with van der Waals surface area (Å²) in [5, 5.41) is 13.0. The highest BCUT2D eigenvalue weighted by atomic mass is 16.6. The molecule has 1 N–H and O–H groups in total. The van der Waals surface area contributed by atoms with Crippen molar-refractivity contribution < 1.29 is 14.5 Å². The van der Waals surface area contributed by atoms with Crippen LogP contribution in [0.4, 0.5) is 5.69 Å². The third kappa shape index (κ3) is 2.21. The normalized spacial score (nSPS) is 23.0. The van der Waals surface area contributed by atoms with Gasteiger partial charge in [0.15, 0.2) is 0 Å². The number of carbonyl (C=O) groups excluding carboxylic acids is 2. The van der Waals surface area contributed by atoms with E-state index in [1.165, 1.54) is 12.1 Å². The van der Waals surface area contributed by atoms with Crippen LogP contribution in [0.1, 0.15) is 31.7 Å². The summed E-state index contributed by atoms with van der Waals surface area (Å²) in [6.45, 7) is 1.87. The molecule has 1 saturated heterocycles. The van der Waals surface area contributed by atoms with Gasteiger partial charge in [-0.2, -0.15) is 0 Å². The summed E-state index contributed by atoms with van der Waals surface area (Å²) in [6, 6.07) is 5.96. The highest BCUT2D eigenvalue weighted by Crippen LogP contribution is 2.36. The SMILES string of the molecule is CC[C@]1(c2ccc([N+](=O)[O-])cc2)CCC(=O)NC1=O. The maximum atomic E-state index is 12.1. The standard InChI is InChI=1S/C13H14N2O4/c1-2-13(8-7-11(16)14-12(13)17)9-3-5-10(6-4-9)15(18)19/h3-6H,2,7-8H2,1H3,(H,14,16,17)/t13-/m1/s1. The fraction of sp³-hybridized carbons (Fsp3) is 0.385. The smallest absolute Gasteiger partial charge is 0.269 e. The number of hydrogen-bond acceptors (Lipinski definition) is 4. The molecule has 6 heteroatoms. The van der Waals surface area contributed by atoms with E-state index in [1.54, 1.807) is 12.1 Å². The summed E-state index contributed by atoms with van der Waals surface area (Å²) in [6.07, 6.45) is 1.27. The van der Waals surface area contributed by atoms with Gasteiger partial charge in [0.1, 0.15) is 0 Å². The Labute approximate surface area is 110 Å². The second kappa shape index (κ2) is 4.79. The molecule has 2 amide bonds. The molecular formula is C13H14N2O4. The van der Waals surface area contributed by atoms with Gasteiger partial charge < -0.3 is 0 Å². The number of nitro benzene ring substituents is 1. The summed E-state index contributed by atoms with van der Waals surface area (Å²) < 4.78 is 0. The monoisotopic (exact) mass is 262 g/mol. The predicted molar refractivity (Wildman–Crippen MR) is 67.4 cm³/mol. The first-order valence-corrected chi connectivity index (χ1v) is 6.09. The van der Waals surface area contributed by atoms with Gasteiger partial charge in [-0.15, -0.1) is 0 Å². The number of benzene rings is 1. The molecule has 1 aliphatic heterocycles. The summed E-state index contributed by atoms with van der Waals surface area (Å²) in [5.74, 6) is -0.587. The topological polar surface area (TPSA) is 89.3 Å². The molecule has 1 atom stereocenters. The van der Waals surface area contributed by atoms with Crippen LogP contribution in [0.3, 0.4) is 0 Å². The van der Waals surface area contributed by atoms with Crippen LogP contribution in [-0.4, -0.2) is 16.7 Å². The van der Waals surface area contributed by atoms with E-state index in [0.717, 1.165) is 0 Å². The number of nitrogens with one attached hydrogen (secondary N) is 1. The number of carbonyl (C=O) groups is 2. The summed E-state index contributed by atoms with van der Waals surface area (Å²) in [4.78, 5) is 33.5. The number of non-ortho nitro benzene ring substituents is 1. The van der Waals surface area contributed by atoms with Crippen molar-refractivity contribution in [2.24, 2.45) is 0 Å². The summed E-state index contributed by atoms with van der Waals surface area (Å²) in [5.41, 5.74) is -0.0591. The number of piperidine rings is 1. The Kier molecular flexibility index (Phi) is 3.33. The van der Waals surface area contributed by atoms with Crippen LogP contribution in [0.25, 0.3) is 0 Å². The lowest BCUT2D eigenvalue weighted by molar-refractivity contribution is -0.384. The quantitative estimate of drug-likeness (QED) is 0.510. The van der Waals surface area contributed by atoms with Gasteiger partial charge >= 0.3 is 0 Å². The predicted octanol–water partition coefficient (Wildman–Crippen LogP) is 1.68.